The fourth-order valence-corrected chi connectivity index (χ4v) is 5.50. The zero-order valence-electron chi connectivity index (χ0n) is 17.4. The van der Waals surface area contributed by atoms with Crippen LogP contribution in [0.1, 0.15) is 10.4 Å². The molecule has 3 aromatic rings. The van der Waals surface area contributed by atoms with Gasteiger partial charge in [0.05, 0.1) is 43.2 Å². The summed E-state index contributed by atoms with van der Waals surface area (Å²) in [7, 11) is -3.38. The Bertz CT molecular complexity index is 1320. The molecule has 2 fully saturated rings. The number of nitrogens with one attached hydrogen (secondary N) is 1. The number of ether oxygens (including phenoxy) is 1. The number of hydrogen-bond acceptors (Lipinski definition) is 9. The van der Waals surface area contributed by atoms with Gasteiger partial charge in [-0.15, -0.1) is 5.10 Å². The lowest BCUT2D eigenvalue weighted by molar-refractivity contribution is 0.0391. The van der Waals surface area contributed by atoms with Gasteiger partial charge in [-0.3, -0.25) is 9.78 Å². The van der Waals surface area contributed by atoms with Gasteiger partial charge in [-0.1, -0.05) is 0 Å². The molecule has 0 atom stereocenters. The van der Waals surface area contributed by atoms with Gasteiger partial charge in [0.2, 0.25) is 10.0 Å². The van der Waals surface area contributed by atoms with E-state index in [1.807, 2.05) is 4.90 Å². The zero-order chi connectivity index (χ0) is 23.2. The molecule has 5 rings (SSSR count). The first-order chi connectivity index (χ1) is 15.8. The van der Waals surface area contributed by atoms with E-state index in [4.69, 9.17) is 10.5 Å². The summed E-state index contributed by atoms with van der Waals surface area (Å²) in [6.45, 7) is 2.00. The number of sulfonamides is 1. The highest BCUT2D eigenvalue weighted by atomic mass is 32.2. The molecule has 33 heavy (non-hydrogen) atoms. The van der Waals surface area contributed by atoms with E-state index < -0.39 is 27.0 Å². The minimum absolute atomic E-state index is 0.0171. The van der Waals surface area contributed by atoms with Crippen molar-refractivity contribution in [1.82, 2.24) is 23.9 Å². The Hall–Kier alpha value is -3.36. The fourth-order valence-electron chi connectivity index (χ4n) is 3.87. The van der Waals surface area contributed by atoms with E-state index in [0.29, 0.717) is 37.6 Å². The number of carbonyl (C=O) groups excluding carboxylic acids is 1. The van der Waals surface area contributed by atoms with Crippen LogP contribution >= 0.6 is 0 Å². The van der Waals surface area contributed by atoms with Crippen molar-refractivity contribution in [3.8, 4) is 0 Å². The summed E-state index contributed by atoms with van der Waals surface area (Å²) in [5, 5.41) is 6.24. The Kier molecular flexibility index (Phi) is 5.34. The maximum absolute atomic E-state index is 13.4. The summed E-state index contributed by atoms with van der Waals surface area (Å²) >= 11 is 0. The largest absolute Gasteiger partial charge is 0.381 e. The molecule has 12 nitrogen and oxygen atoms in total. The Balaban J connectivity index is 1.34. The van der Waals surface area contributed by atoms with Crippen LogP contribution in [0, 0.1) is 5.82 Å². The van der Waals surface area contributed by atoms with Crippen LogP contribution in [0.5, 0.6) is 0 Å². The van der Waals surface area contributed by atoms with Crippen LogP contribution in [0.2, 0.25) is 0 Å². The SMILES string of the molecule is Nc1nn2cc(F)cnc2c1C(=O)Nc1cnccc1N1CCN(S(=O)(=O)C2COC2)CC1. The molecule has 0 aliphatic carbocycles. The number of nitrogens with two attached hydrogens (primary N) is 1. The number of aromatic nitrogens is 4. The van der Waals surface area contributed by atoms with Crippen LogP contribution in [0.25, 0.3) is 5.65 Å². The van der Waals surface area contributed by atoms with Gasteiger partial charge in [-0.2, -0.15) is 4.31 Å². The van der Waals surface area contributed by atoms with Crippen molar-refractivity contribution in [2.24, 2.45) is 0 Å². The second kappa shape index (κ2) is 8.20. The van der Waals surface area contributed by atoms with Crippen LogP contribution in [0.15, 0.2) is 30.9 Å². The number of hydrogen-bond donors (Lipinski definition) is 2. The number of pyridine rings is 1. The highest BCUT2D eigenvalue weighted by molar-refractivity contribution is 7.89. The molecular formula is C19H21FN8O4S. The summed E-state index contributed by atoms with van der Waals surface area (Å²) in [6.07, 6.45) is 5.14. The molecule has 0 bridgehead atoms. The van der Waals surface area contributed by atoms with Gasteiger partial charge in [0.25, 0.3) is 5.91 Å². The number of nitrogen functional groups attached to an aromatic ring is 1. The van der Waals surface area contributed by atoms with Crippen LogP contribution in [-0.2, 0) is 14.8 Å². The molecule has 2 saturated heterocycles. The van der Waals surface area contributed by atoms with Crippen molar-refractivity contribution >= 4 is 38.8 Å². The molecule has 0 aromatic carbocycles. The standard InChI is InChI=1S/C19H21FN8O4S/c20-12-7-23-18-16(17(21)25-28(18)9-12)19(29)24-14-8-22-2-1-15(14)26-3-5-27(6-4-26)33(30,31)13-10-32-11-13/h1-2,7-9,13H,3-6,10-11H2,(H2,21,25)(H,24,29). The average Bonchev–Trinajstić information content (AvgIpc) is 3.07. The predicted octanol–water partition coefficient (Wildman–Crippen LogP) is -0.0515. The third-order valence-electron chi connectivity index (χ3n) is 5.71. The van der Waals surface area contributed by atoms with Crippen molar-refractivity contribution in [1.29, 1.82) is 0 Å². The maximum Gasteiger partial charge on any atom is 0.263 e. The fraction of sp³-hybridized carbons (Fsp3) is 0.368. The molecule has 14 heteroatoms. The third-order valence-corrected chi connectivity index (χ3v) is 7.91. The lowest BCUT2D eigenvalue weighted by Crippen LogP contribution is -2.55. The number of fused-ring (bicyclic) bond motifs is 1. The number of halogens is 1. The van der Waals surface area contributed by atoms with Gasteiger partial charge in [-0.25, -0.2) is 22.3 Å². The molecule has 3 N–H and O–H groups in total. The molecule has 2 aliphatic heterocycles. The Morgan fingerprint density at radius 1 is 1.21 bits per heavy atom. The maximum atomic E-state index is 13.4. The third kappa shape index (κ3) is 3.85. The summed E-state index contributed by atoms with van der Waals surface area (Å²) < 4.78 is 46.3. The minimum Gasteiger partial charge on any atom is -0.381 e. The molecule has 0 unspecified atom stereocenters. The van der Waals surface area contributed by atoms with E-state index in [0.717, 1.165) is 16.9 Å². The second-order valence-corrected chi connectivity index (χ2v) is 9.95. The Labute approximate surface area is 188 Å². The van der Waals surface area contributed by atoms with Crippen LogP contribution in [0.3, 0.4) is 0 Å². The van der Waals surface area contributed by atoms with Crippen LogP contribution in [-0.4, -0.2) is 82.9 Å². The van der Waals surface area contributed by atoms with Gasteiger partial charge in [0, 0.05) is 32.4 Å². The van der Waals surface area contributed by atoms with Gasteiger partial charge in [0.15, 0.2) is 17.3 Å². The number of anilines is 3. The van der Waals surface area contributed by atoms with Crippen molar-refractivity contribution < 1.29 is 22.3 Å². The lowest BCUT2D eigenvalue weighted by atomic mass is 10.2. The van der Waals surface area contributed by atoms with Crippen molar-refractivity contribution in [3.05, 3.63) is 42.2 Å². The normalized spacial score (nSPS) is 17.8. The monoisotopic (exact) mass is 476 g/mol. The number of nitrogens with zero attached hydrogens (tertiary/aromatic N) is 6. The molecule has 5 heterocycles. The number of rotatable bonds is 5. The van der Waals surface area contributed by atoms with E-state index in [2.05, 4.69) is 20.4 Å². The van der Waals surface area contributed by atoms with Gasteiger partial charge in [-0.05, 0) is 6.07 Å². The quantitative estimate of drug-likeness (QED) is 0.517. The van der Waals surface area contributed by atoms with Gasteiger partial charge >= 0.3 is 0 Å². The van der Waals surface area contributed by atoms with E-state index in [1.54, 1.807) is 12.3 Å². The van der Waals surface area contributed by atoms with Crippen LogP contribution in [0.4, 0.5) is 21.6 Å². The lowest BCUT2D eigenvalue weighted by Gasteiger charge is -2.39. The summed E-state index contributed by atoms with van der Waals surface area (Å²) in [5.41, 5.74) is 7.14. The first-order valence-corrected chi connectivity index (χ1v) is 11.7. The number of carbonyl (C=O) groups is 1. The molecule has 0 saturated carbocycles. The minimum atomic E-state index is -3.38. The van der Waals surface area contributed by atoms with Gasteiger partial charge in [0.1, 0.15) is 10.8 Å². The van der Waals surface area contributed by atoms with Crippen molar-refractivity contribution in [2.45, 2.75) is 5.25 Å². The van der Waals surface area contributed by atoms with Crippen molar-refractivity contribution in [3.63, 3.8) is 0 Å². The van der Waals surface area contributed by atoms with Crippen LogP contribution < -0.4 is 16.0 Å². The Morgan fingerprint density at radius 3 is 2.67 bits per heavy atom. The zero-order valence-corrected chi connectivity index (χ0v) is 18.2. The van der Waals surface area contributed by atoms with Gasteiger partial charge < -0.3 is 20.7 Å². The molecule has 1 amide bonds. The van der Waals surface area contributed by atoms with E-state index in [1.165, 1.54) is 10.5 Å². The predicted molar refractivity (Wildman–Crippen MR) is 117 cm³/mol. The summed E-state index contributed by atoms with van der Waals surface area (Å²) in [4.78, 5) is 23.0. The number of amides is 1. The summed E-state index contributed by atoms with van der Waals surface area (Å²) in [5.74, 6) is -1.27. The van der Waals surface area contributed by atoms with E-state index in [9.17, 15) is 17.6 Å². The van der Waals surface area contributed by atoms with Crippen molar-refractivity contribution in [2.75, 3.05) is 55.3 Å². The molecule has 2 aliphatic rings. The molecule has 0 spiro atoms. The Morgan fingerprint density at radius 2 is 1.97 bits per heavy atom. The average molecular weight is 476 g/mol. The number of piperazine rings is 1. The topological polar surface area (TPSA) is 148 Å². The van der Waals surface area contributed by atoms with E-state index in [-0.39, 0.29) is 30.2 Å². The molecular weight excluding hydrogens is 455 g/mol. The smallest absolute Gasteiger partial charge is 0.263 e. The highest BCUT2D eigenvalue weighted by Crippen LogP contribution is 2.28. The summed E-state index contributed by atoms with van der Waals surface area (Å²) in [6, 6.07) is 1.74. The first-order valence-electron chi connectivity index (χ1n) is 10.2. The second-order valence-electron chi connectivity index (χ2n) is 7.74. The molecule has 174 valence electrons. The highest BCUT2D eigenvalue weighted by Gasteiger charge is 2.38. The molecule has 0 radical (unpaired) electrons. The first kappa shape index (κ1) is 21.5. The van der Waals surface area contributed by atoms with E-state index >= 15 is 0 Å². The molecule has 3 aromatic heterocycles.